The molecule has 7 nitrogen and oxygen atoms in total. The highest BCUT2D eigenvalue weighted by Gasteiger charge is 2.31. The summed E-state index contributed by atoms with van der Waals surface area (Å²) in [5, 5.41) is 20.8. The first kappa shape index (κ1) is 22.7. The van der Waals surface area contributed by atoms with Gasteiger partial charge in [-0.25, -0.2) is 14.6 Å². The van der Waals surface area contributed by atoms with Crippen LogP contribution in [0.4, 0.5) is 4.79 Å². The van der Waals surface area contributed by atoms with Crippen molar-refractivity contribution in [1.82, 2.24) is 9.88 Å². The van der Waals surface area contributed by atoms with Crippen LogP contribution >= 0.6 is 23.1 Å². The van der Waals surface area contributed by atoms with Crippen molar-refractivity contribution in [1.29, 1.82) is 0 Å². The van der Waals surface area contributed by atoms with Gasteiger partial charge in [-0.2, -0.15) is 0 Å². The van der Waals surface area contributed by atoms with Crippen LogP contribution in [-0.4, -0.2) is 62.7 Å². The highest BCUT2D eigenvalue weighted by molar-refractivity contribution is 8.01. The summed E-state index contributed by atoms with van der Waals surface area (Å²) in [4.78, 5) is 28.5. The fourth-order valence-electron chi connectivity index (χ4n) is 2.87. The second-order valence-corrected chi connectivity index (χ2v) is 9.28. The number of ether oxygens (including phenoxy) is 1. The largest absolute Gasteiger partial charge is 0.476 e. The zero-order valence-corrected chi connectivity index (χ0v) is 17.9. The van der Waals surface area contributed by atoms with E-state index in [1.165, 1.54) is 28.5 Å². The standard InChI is InChI=1S/C19H28N2O5S2/c1-3-4-5-8-19(2,25)9-6-7-14-12-26-18(24)21(14)10-11-27-17-20-15(13-28-17)16(22)23/h6-7,13-14,25H,3-5,8-12H2,1-2H3,(H,22,23)/b7-6+/t14-,19?/m0/s1. The van der Waals surface area contributed by atoms with Crippen LogP contribution in [0.25, 0.3) is 0 Å². The predicted molar refractivity (Wildman–Crippen MR) is 110 cm³/mol. The maximum atomic E-state index is 12.0. The Labute approximate surface area is 173 Å². The van der Waals surface area contributed by atoms with Crippen molar-refractivity contribution < 1.29 is 24.5 Å². The third-order valence-electron chi connectivity index (χ3n) is 4.51. The van der Waals surface area contributed by atoms with Crippen LogP contribution < -0.4 is 0 Å². The van der Waals surface area contributed by atoms with Gasteiger partial charge >= 0.3 is 12.1 Å². The van der Waals surface area contributed by atoms with Crippen LogP contribution in [0.3, 0.4) is 0 Å². The maximum absolute atomic E-state index is 12.0. The first-order valence-corrected chi connectivity index (χ1v) is 11.3. The van der Waals surface area contributed by atoms with Gasteiger partial charge in [-0.15, -0.1) is 11.3 Å². The molecule has 1 amide bonds. The van der Waals surface area contributed by atoms with Gasteiger partial charge in [0.05, 0.1) is 11.6 Å². The van der Waals surface area contributed by atoms with Crippen molar-refractivity contribution >= 4 is 35.2 Å². The summed E-state index contributed by atoms with van der Waals surface area (Å²) in [6.45, 7) is 4.76. The van der Waals surface area contributed by atoms with Gasteiger partial charge in [0, 0.05) is 17.7 Å². The molecular formula is C19H28N2O5S2. The Morgan fingerprint density at radius 2 is 2.32 bits per heavy atom. The number of carboxylic acids is 1. The third kappa shape index (κ3) is 7.10. The molecule has 0 aromatic carbocycles. The zero-order valence-electron chi connectivity index (χ0n) is 16.3. The topological polar surface area (TPSA) is 100.0 Å². The number of thioether (sulfide) groups is 1. The molecule has 1 saturated heterocycles. The van der Waals surface area contributed by atoms with Gasteiger partial charge in [0.1, 0.15) is 6.61 Å². The molecule has 9 heteroatoms. The molecule has 1 unspecified atom stereocenters. The molecule has 1 aromatic heterocycles. The summed E-state index contributed by atoms with van der Waals surface area (Å²) in [6.07, 6.45) is 8.05. The number of unbranched alkanes of at least 4 members (excludes halogenated alkanes) is 2. The third-order valence-corrected chi connectivity index (χ3v) is 6.51. The van der Waals surface area contributed by atoms with E-state index in [0.29, 0.717) is 29.7 Å². The Morgan fingerprint density at radius 1 is 1.54 bits per heavy atom. The van der Waals surface area contributed by atoms with E-state index in [0.717, 1.165) is 25.7 Å². The SMILES string of the molecule is CCCCCC(C)(O)C/C=C/[C@H]1COC(=O)N1CCSc1nc(C(=O)O)cs1. The van der Waals surface area contributed by atoms with E-state index in [1.54, 1.807) is 4.90 Å². The molecule has 0 aliphatic carbocycles. The Hall–Kier alpha value is -1.58. The van der Waals surface area contributed by atoms with Crippen LogP contribution in [0, 0.1) is 0 Å². The molecule has 2 atom stereocenters. The lowest BCUT2D eigenvalue weighted by atomic mass is 9.94. The number of carbonyl (C=O) groups is 2. The van der Waals surface area contributed by atoms with Crippen LogP contribution in [0.5, 0.6) is 0 Å². The van der Waals surface area contributed by atoms with Gasteiger partial charge in [-0.3, -0.25) is 4.90 Å². The van der Waals surface area contributed by atoms with E-state index >= 15 is 0 Å². The van der Waals surface area contributed by atoms with Crippen LogP contribution in [0.2, 0.25) is 0 Å². The molecule has 1 aliphatic heterocycles. The monoisotopic (exact) mass is 428 g/mol. The fraction of sp³-hybridized carbons (Fsp3) is 0.632. The number of aromatic carboxylic acids is 1. The van der Waals surface area contributed by atoms with Gasteiger partial charge in [-0.1, -0.05) is 50.1 Å². The average Bonchev–Trinajstić information content (AvgIpc) is 3.23. The van der Waals surface area contributed by atoms with Gasteiger partial charge in [0.2, 0.25) is 0 Å². The summed E-state index contributed by atoms with van der Waals surface area (Å²) in [6, 6.07) is -0.148. The minimum atomic E-state index is -1.04. The van der Waals surface area contributed by atoms with E-state index in [2.05, 4.69) is 11.9 Å². The van der Waals surface area contributed by atoms with Gasteiger partial charge < -0.3 is 14.9 Å². The lowest BCUT2D eigenvalue weighted by molar-refractivity contribution is 0.0511. The number of thiazole rings is 1. The number of nitrogens with zero attached hydrogens (tertiary/aromatic N) is 2. The summed E-state index contributed by atoms with van der Waals surface area (Å²) in [7, 11) is 0. The number of aliphatic hydroxyl groups is 1. The minimum absolute atomic E-state index is 0.0416. The molecule has 0 radical (unpaired) electrons. The molecule has 0 saturated carbocycles. The predicted octanol–water partition coefficient (Wildman–Crippen LogP) is 4.03. The second kappa shape index (κ2) is 10.8. The van der Waals surface area contributed by atoms with Crippen LogP contribution in [0.15, 0.2) is 21.9 Å². The summed E-state index contributed by atoms with van der Waals surface area (Å²) < 4.78 is 5.82. The molecule has 28 heavy (non-hydrogen) atoms. The average molecular weight is 429 g/mol. The van der Waals surface area contributed by atoms with Crippen molar-refractivity contribution in [3.05, 3.63) is 23.2 Å². The Morgan fingerprint density at radius 3 is 3.00 bits per heavy atom. The highest BCUT2D eigenvalue weighted by Crippen LogP contribution is 2.24. The number of cyclic esters (lactones) is 1. The molecular weight excluding hydrogens is 400 g/mol. The number of hydrogen-bond acceptors (Lipinski definition) is 7. The van der Waals surface area contributed by atoms with Gasteiger partial charge in [0.25, 0.3) is 0 Å². The van der Waals surface area contributed by atoms with E-state index in [1.807, 2.05) is 19.1 Å². The molecule has 0 spiro atoms. The molecule has 1 fully saturated rings. The summed E-state index contributed by atoms with van der Waals surface area (Å²) >= 11 is 2.70. The number of hydrogen-bond donors (Lipinski definition) is 2. The summed E-state index contributed by atoms with van der Waals surface area (Å²) in [5.74, 6) is -0.442. The first-order chi connectivity index (χ1) is 13.3. The number of carboxylic acid groups (broad SMARTS) is 1. The quantitative estimate of drug-likeness (QED) is 0.294. The lowest BCUT2D eigenvalue weighted by Gasteiger charge is -2.22. The Balaban J connectivity index is 1.80. The van der Waals surface area contributed by atoms with Gasteiger partial charge in [0.15, 0.2) is 10.0 Å². The van der Waals surface area contributed by atoms with Gasteiger partial charge in [-0.05, 0) is 19.8 Å². The number of carbonyl (C=O) groups excluding carboxylic acids is 1. The smallest absolute Gasteiger partial charge is 0.410 e. The molecule has 0 bridgehead atoms. The maximum Gasteiger partial charge on any atom is 0.410 e. The Bertz CT molecular complexity index is 690. The molecule has 2 N–H and O–H groups in total. The van der Waals surface area contributed by atoms with Crippen molar-refractivity contribution in [2.24, 2.45) is 0 Å². The first-order valence-electron chi connectivity index (χ1n) is 9.46. The molecule has 2 heterocycles. The molecule has 156 valence electrons. The normalized spacial score (nSPS) is 19.2. The van der Waals surface area contributed by atoms with E-state index in [-0.39, 0.29) is 17.8 Å². The van der Waals surface area contributed by atoms with Crippen molar-refractivity contribution in [2.45, 2.75) is 61.9 Å². The fourth-order valence-corrected chi connectivity index (χ4v) is 4.68. The van der Waals surface area contributed by atoms with Crippen LogP contribution in [-0.2, 0) is 4.74 Å². The number of amides is 1. The number of aromatic nitrogens is 1. The summed E-state index contributed by atoms with van der Waals surface area (Å²) in [5.41, 5.74) is -0.692. The minimum Gasteiger partial charge on any atom is -0.476 e. The molecule has 1 aliphatic rings. The van der Waals surface area contributed by atoms with Crippen molar-refractivity contribution in [2.75, 3.05) is 18.9 Å². The van der Waals surface area contributed by atoms with E-state index in [9.17, 15) is 14.7 Å². The molecule has 1 aromatic rings. The van der Waals surface area contributed by atoms with Crippen molar-refractivity contribution in [3.8, 4) is 0 Å². The lowest BCUT2D eigenvalue weighted by Crippen LogP contribution is -2.34. The number of rotatable bonds is 12. The van der Waals surface area contributed by atoms with Crippen LogP contribution in [0.1, 0.15) is 56.4 Å². The highest BCUT2D eigenvalue weighted by atomic mass is 32.2. The Kier molecular flexibility index (Phi) is 8.78. The zero-order chi connectivity index (χ0) is 20.6. The van der Waals surface area contributed by atoms with E-state index < -0.39 is 11.6 Å². The van der Waals surface area contributed by atoms with E-state index in [4.69, 9.17) is 9.84 Å². The molecule has 2 rings (SSSR count). The van der Waals surface area contributed by atoms with Crippen molar-refractivity contribution in [3.63, 3.8) is 0 Å². The second-order valence-electron chi connectivity index (χ2n) is 7.08.